The van der Waals surface area contributed by atoms with Crippen molar-refractivity contribution in [2.75, 3.05) is 0 Å². The average molecular weight is 758 g/mol. The summed E-state index contributed by atoms with van der Waals surface area (Å²) < 4.78 is 24.2. The van der Waals surface area contributed by atoms with E-state index in [1.54, 1.807) is 0 Å². The van der Waals surface area contributed by atoms with E-state index in [2.05, 4.69) is 72.8 Å². The van der Waals surface area contributed by atoms with Crippen molar-refractivity contribution in [3.8, 4) is 0 Å². The van der Waals surface area contributed by atoms with Gasteiger partial charge < -0.3 is 0 Å². The number of rotatable bonds is 8. The van der Waals surface area contributed by atoms with Crippen LogP contribution in [0.25, 0.3) is 0 Å². The summed E-state index contributed by atoms with van der Waals surface area (Å²) >= 11 is -4.28. The quantitative estimate of drug-likeness (QED) is 0.119. The SMILES string of the molecule is [O]=[SnH][C](c1ccccc1)(c1ccccc1)c1ccccc1.[O]=[SnH][C](c1ccccc1)(c1ccccc1)c1ccccc1. The molecule has 0 aliphatic rings. The van der Waals surface area contributed by atoms with Gasteiger partial charge in [0.1, 0.15) is 0 Å². The molecule has 6 aromatic carbocycles. The van der Waals surface area contributed by atoms with E-state index in [0.717, 1.165) is 33.4 Å². The third-order valence-electron chi connectivity index (χ3n) is 7.73. The van der Waals surface area contributed by atoms with Crippen molar-refractivity contribution < 1.29 is 6.15 Å². The molecule has 42 heavy (non-hydrogen) atoms. The van der Waals surface area contributed by atoms with Crippen LogP contribution < -0.4 is 0 Å². The number of hydrogen-bond acceptors (Lipinski definition) is 2. The summed E-state index contributed by atoms with van der Waals surface area (Å²) in [5.41, 5.74) is 6.74. The molecular weight excluding hydrogens is 726 g/mol. The second-order valence-electron chi connectivity index (χ2n) is 10.0. The molecule has 0 saturated heterocycles. The Bertz CT molecular complexity index is 1350. The van der Waals surface area contributed by atoms with E-state index in [-0.39, 0.29) is 0 Å². The van der Waals surface area contributed by atoms with Crippen LogP contribution in [0.1, 0.15) is 33.4 Å². The summed E-state index contributed by atoms with van der Waals surface area (Å²) in [6.45, 7) is 0. The fraction of sp³-hybridized carbons (Fsp3) is 0.0526. The van der Waals surface area contributed by atoms with Gasteiger partial charge in [0.2, 0.25) is 0 Å². The van der Waals surface area contributed by atoms with Crippen LogP contribution in [0.3, 0.4) is 0 Å². The van der Waals surface area contributed by atoms with Crippen LogP contribution in [0, 0.1) is 0 Å². The zero-order valence-corrected chi connectivity index (χ0v) is 29.9. The van der Waals surface area contributed by atoms with Gasteiger partial charge in [0, 0.05) is 0 Å². The molecule has 6 rings (SSSR count). The molecule has 0 fully saturated rings. The normalized spacial score (nSPS) is 11.0. The van der Waals surface area contributed by atoms with E-state index in [0.29, 0.717) is 0 Å². The third-order valence-corrected chi connectivity index (χ3v) is 15.5. The molecule has 204 valence electrons. The summed E-state index contributed by atoms with van der Waals surface area (Å²) in [7, 11) is 0. The van der Waals surface area contributed by atoms with Gasteiger partial charge in [0.15, 0.2) is 0 Å². The first-order valence-corrected chi connectivity index (χ1v) is 20.0. The average Bonchev–Trinajstić information content (AvgIpc) is 3.09. The van der Waals surface area contributed by atoms with Crippen LogP contribution in [-0.2, 0) is 13.0 Å². The van der Waals surface area contributed by atoms with Crippen molar-refractivity contribution in [3.05, 3.63) is 215 Å². The van der Waals surface area contributed by atoms with E-state index in [1.807, 2.05) is 109 Å². The molecule has 0 aliphatic carbocycles. The van der Waals surface area contributed by atoms with Gasteiger partial charge in [-0.25, -0.2) is 0 Å². The van der Waals surface area contributed by atoms with Crippen LogP contribution in [0.15, 0.2) is 182 Å². The molecule has 0 aromatic heterocycles. The van der Waals surface area contributed by atoms with Crippen LogP contribution >= 0.6 is 0 Å². The fourth-order valence-electron chi connectivity index (χ4n) is 5.61. The van der Waals surface area contributed by atoms with Gasteiger partial charge >= 0.3 is 271 Å². The fourth-order valence-corrected chi connectivity index (χ4v) is 11.2. The summed E-state index contributed by atoms with van der Waals surface area (Å²) in [5.74, 6) is 0. The van der Waals surface area contributed by atoms with Gasteiger partial charge in [0.05, 0.1) is 0 Å². The molecule has 0 heterocycles. The van der Waals surface area contributed by atoms with Crippen LogP contribution in [0.2, 0.25) is 0 Å². The van der Waals surface area contributed by atoms with E-state index in [9.17, 15) is 6.15 Å². The molecule has 0 amide bonds. The molecule has 0 unspecified atom stereocenters. The first kappa shape index (κ1) is 30.0. The monoisotopic (exact) mass is 760 g/mol. The van der Waals surface area contributed by atoms with Gasteiger partial charge in [-0.2, -0.15) is 0 Å². The summed E-state index contributed by atoms with van der Waals surface area (Å²) in [6.07, 6.45) is 0. The van der Waals surface area contributed by atoms with Gasteiger partial charge in [-0.3, -0.25) is 0 Å². The molecule has 2 nitrogen and oxygen atoms in total. The molecule has 0 N–H and O–H groups in total. The first-order valence-electron chi connectivity index (χ1n) is 14.0. The Morgan fingerprint density at radius 3 is 0.524 bits per heavy atom. The standard InChI is InChI=1S/2C19H15.2O.2Sn.2H/c2*1-4-10-16(11-5-1)19(17-12-6-2-7-13-17)18-14-8-3-9-15-18;;;;;;/h2*1-15H;;;;;;. The molecule has 6 aromatic rings. The van der Waals surface area contributed by atoms with E-state index in [1.165, 1.54) is 0 Å². The van der Waals surface area contributed by atoms with Crippen LogP contribution in [0.4, 0.5) is 0 Å². The maximum atomic E-state index is 12.5. The Morgan fingerprint density at radius 2 is 0.405 bits per heavy atom. The molecule has 0 aliphatic heterocycles. The van der Waals surface area contributed by atoms with Crippen molar-refractivity contribution in [1.29, 1.82) is 0 Å². The van der Waals surface area contributed by atoms with Crippen molar-refractivity contribution in [1.82, 2.24) is 0 Å². The van der Waals surface area contributed by atoms with Crippen molar-refractivity contribution in [3.63, 3.8) is 0 Å². The van der Waals surface area contributed by atoms with E-state index >= 15 is 0 Å². The van der Waals surface area contributed by atoms with Crippen molar-refractivity contribution in [2.24, 2.45) is 0 Å². The molecule has 4 heteroatoms. The van der Waals surface area contributed by atoms with Gasteiger partial charge in [0.25, 0.3) is 0 Å². The topological polar surface area (TPSA) is 34.1 Å². The second kappa shape index (κ2) is 14.6. The zero-order chi connectivity index (χ0) is 29.1. The summed E-state index contributed by atoms with van der Waals surface area (Å²) in [4.78, 5) is 0. The van der Waals surface area contributed by atoms with E-state index in [4.69, 9.17) is 0 Å². The number of hydrogen-bond donors (Lipinski definition) is 0. The molecular formula is C38H32O2Sn2. The van der Waals surface area contributed by atoms with Gasteiger partial charge in [-0.1, -0.05) is 0 Å². The Labute approximate surface area is 268 Å². The van der Waals surface area contributed by atoms with Crippen molar-refractivity contribution in [2.45, 2.75) is 6.86 Å². The minimum absolute atomic E-state index is 0.445. The van der Waals surface area contributed by atoms with Crippen molar-refractivity contribution >= 4 is 42.3 Å². The summed E-state index contributed by atoms with van der Waals surface area (Å²) in [5, 5.41) is 0. The molecule has 0 saturated carbocycles. The Kier molecular flexibility index (Phi) is 10.4. The molecule has 0 radical (unpaired) electrons. The predicted molar refractivity (Wildman–Crippen MR) is 174 cm³/mol. The third kappa shape index (κ3) is 6.15. The molecule has 0 atom stereocenters. The Balaban J connectivity index is 0.000000168. The Morgan fingerprint density at radius 1 is 0.262 bits per heavy atom. The maximum absolute atomic E-state index is 12.5. The van der Waals surface area contributed by atoms with Crippen LogP contribution in [0.5, 0.6) is 0 Å². The Hall–Kier alpha value is -3.48. The van der Waals surface area contributed by atoms with E-state index < -0.39 is 49.1 Å². The molecule has 0 spiro atoms. The first-order chi connectivity index (χ1) is 20.8. The zero-order valence-electron chi connectivity index (χ0n) is 23.3. The second-order valence-corrected chi connectivity index (χ2v) is 16.3. The summed E-state index contributed by atoms with van der Waals surface area (Å²) in [6, 6.07) is 61.3. The molecule has 0 bridgehead atoms. The number of benzene rings is 6. The predicted octanol–water partition coefficient (Wildman–Crippen LogP) is 7.52. The van der Waals surface area contributed by atoms with Crippen LogP contribution in [-0.4, -0.2) is 42.3 Å². The van der Waals surface area contributed by atoms with Gasteiger partial charge in [-0.05, 0) is 0 Å². The minimum atomic E-state index is -2.14. The van der Waals surface area contributed by atoms with Gasteiger partial charge in [-0.15, -0.1) is 0 Å².